The van der Waals surface area contributed by atoms with Crippen LogP contribution in [0.25, 0.3) is 0 Å². The fourth-order valence-corrected chi connectivity index (χ4v) is 1.70. The largest absolute Gasteiger partial charge is 0.506 e. The van der Waals surface area contributed by atoms with Crippen molar-refractivity contribution in [1.29, 1.82) is 0 Å². The molecule has 27 heavy (non-hydrogen) atoms. The van der Waals surface area contributed by atoms with E-state index in [-0.39, 0.29) is 52.9 Å². The van der Waals surface area contributed by atoms with Gasteiger partial charge in [0.15, 0.2) is 6.10 Å². The van der Waals surface area contributed by atoms with Crippen LogP contribution in [0.15, 0.2) is 0 Å². The van der Waals surface area contributed by atoms with Gasteiger partial charge in [-0.25, -0.2) is 4.79 Å². The molecule has 0 aliphatic heterocycles. The van der Waals surface area contributed by atoms with Gasteiger partial charge in [0.25, 0.3) is 0 Å². The van der Waals surface area contributed by atoms with E-state index < -0.39 is 12.3 Å². The van der Waals surface area contributed by atoms with Crippen molar-refractivity contribution >= 4 is 6.16 Å². The molecule has 0 saturated carbocycles. The second kappa shape index (κ2) is 21.3. The molecule has 0 rings (SSSR count). The Labute approximate surface area is 159 Å². The van der Waals surface area contributed by atoms with E-state index in [1.165, 1.54) is 0 Å². The quantitative estimate of drug-likeness (QED) is 0.163. The van der Waals surface area contributed by atoms with Crippen molar-refractivity contribution in [2.45, 2.75) is 6.10 Å². The molecule has 0 fully saturated rings. The summed E-state index contributed by atoms with van der Waals surface area (Å²) >= 11 is 0. The van der Waals surface area contributed by atoms with E-state index in [0.29, 0.717) is 39.6 Å². The fourth-order valence-electron chi connectivity index (χ4n) is 1.70. The molecule has 0 radical (unpaired) electrons. The highest BCUT2D eigenvalue weighted by atomic mass is 16.7. The topological polar surface area (TPSA) is 142 Å². The first-order valence-corrected chi connectivity index (χ1v) is 8.78. The Bertz CT molecular complexity index is 295. The van der Waals surface area contributed by atoms with Crippen LogP contribution in [0.1, 0.15) is 0 Å². The summed E-state index contributed by atoms with van der Waals surface area (Å²) in [7, 11) is 0. The molecule has 0 aliphatic carbocycles. The number of carboxylic acid groups (broad SMARTS) is 1. The van der Waals surface area contributed by atoms with Gasteiger partial charge in [-0.1, -0.05) is 0 Å². The molecular weight excluding hydrogens is 368 g/mol. The Morgan fingerprint density at radius 1 is 0.593 bits per heavy atom. The lowest BCUT2D eigenvalue weighted by Gasteiger charge is -2.16. The van der Waals surface area contributed by atoms with Gasteiger partial charge in [0.05, 0.1) is 92.5 Å². The molecule has 0 saturated heterocycles. The molecule has 0 aliphatic rings. The van der Waals surface area contributed by atoms with E-state index in [1.807, 2.05) is 0 Å². The first-order chi connectivity index (χ1) is 13.2. The molecule has 0 aromatic heterocycles. The number of hydrogen-bond acceptors (Lipinski definition) is 10. The van der Waals surface area contributed by atoms with Crippen molar-refractivity contribution in [2.24, 2.45) is 0 Å². The molecule has 0 heterocycles. The highest BCUT2D eigenvalue weighted by Gasteiger charge is 2.14. The summed E-state index contributed by atoms with van der Waals surface area (Å²) in [6, 6.07) is 0. The summed E-state index contributed by atoms with van der Waals surface area (Å²) in [6.45, 7) is 3.33. The van der Waals surface area contributed by atoms with E-state index in [2.05, 4.69) is 0 Å². The van der Waals surface area contributed by atoms with Crippen molar-refractivity contribution < 1.29 is 53.3 Å². The van der Waals surface area contributed by atoms with Crippen LogP contribution in [0.2, 0.25) is 0 Å². The normalized spacial score (nSPS) is 11.2. The second-order valence-electron chi connectivity index (χ2n) is 5.05. The van der Waals surface area contributed by atoms with E-state index >= 15 is 0 Å². The predicted octanol–water partition coefficient (Wildman–Crippen LogP) is -0.866. The lowest BCUT2D eigenvalue weighted by atomic mass is 10.4. The number of aliphatic hydroxyl groups excluding tert-OH is 2. The van der Waals surface area contributed by atoms with E-state index in [4.69, 9.17) is 48.5 Å². The number of rotatable bonds is 21. The minimum atomic E-state index is -1.40. The maximum Gasteiger partial charge on any atom is 0.506 e. The minimum Gasteiger partial charge on any atom is -0.450 e. The maximum atomic E-state index is 10.7. The summed E-state index contributed by atoms with van der Waals surface area (Å²) in [6.07, 6.45) is -2.15. The van der Waals surface area contributed by atoms with Crippen molar-refractivity contribution in [3.63, 3.8) is 0 Å². The van der Waals surface area contributed by atoms with Crippen LogP contribution in [0.4, 0.5) is 4.79 Å². The zero-order chi connectivity index (χ0) is 20.0. The van der Waals surface area contributed by atoms with Crippen LogP contribution < -0.4 is 0 Å². The lowest BCUT2D eigenvalue weighted by molar-refractivity contribution is -0.0613. The second-order valence-corrected chi connectivity index (χ2v) is 5.05. The Morgan fingerprint density at radius 3 is 1.26 bits per heavy atom. The lowest BCUT2D eigenvalue weighted by Crippen LogP contribution is -2.29. The molecule has 11 nitrogen and oxygen atoms in total. The summed E-state index contributed by atoms with van der Waals surface area (Å²) in [5.41, 5.74) is 0. The van der Waals surface area contributed by atoms with Crippen LogP contribution in [-0.2, 0) is 33.2 Å². The van der Waals surface area contributed by atoms with E-state index in [9.17, 15) is 4.79 Å². The van der Waals surface area contributed by atoms with E-state index in [1.54, 1.807) is 0 Å². The van der Waals surface area contributed by atoms with Gasteiger partial charge in [-0.15, -0.1) is 0 Å². The van der Waals surface area contributed by atoms with Gasteiger partial charge in [0, 0.05) is 0 Å². The van der Waals surface area contributed by atoms with Gasteiger partial charge in [0.2, 0.25) is 0 Å². The SMILES string of the molecule is O=C(O)OC(COCCOCCOCCO)COCCOCCOCCO. The van der Waals surface area contributed by atoms with Crippen LogP contribution in [0.5, 0.6) is 0 Å². The molecule has 0 unspecified atom stereocenters. The van der Waals surface area contributed by atoms with Crippen molar-refractivity contribution in [3.05, 3.63) is 0 Å². The van der Waals surface area contributed by atoms with Gasteiger partial charge in [-0.3, -0.25) is 0 Å². The van der Waals surface area contributed by atoms with E-state index in [0.717, 1.165) is 0 Å². The van der Waals surface area contributed by atoms with Crippen LogP contribution in [-0.4, -0.2) is 120 Å². The molecular formula is C16H32O11. The first kappa shape index (κ1) is 26.0. The number of carbonyl (C=O) groups is 1. The highest BCUT2D eigenvalue weighted by molar-refractivity contribution is 5.57. The number of ether oxygens (including phenoxy) is 7. The van der Waals surface area contributed by atoms with Gasteiger partial charge in [-0.2, -0.15) is 0 Å². The summed E-state index contributed by atoms with van der Waals surface area (Å²) in [5, 5.41) is 25.8. The Morgan fingerprint density at radius 2 is 0.926 bits per heavy atom. The van der Waals surface area contributed by atoms with Gasteiger partial charge in [-0.05, 0) is 0 Å². The van der Waals surface area contributed by atoms with Crippen LogP contribution in [0, 0.1) is 0 Å². The summed E-state index contributed by atoms with van der Waals surface area (Å²) < 4.78 is 35.9. The van der Waals surface area contributed by atoms with Crippen molar-refractivity contribution in [3.8, 4) is 0 Å². The third-order valence-electron chi connectivity index (χ3n) is 2.83. The third kappa shape index (κ3) is 21.1. The zero-order valence-corrected chi connectivity index (χ0v) is 15.6. The zero-order valence-electron chi connectivity index (χ0n) is 15.6. The molecule has 3 N–H and O–H groups in total. The average molecular weight is 400 g/mol. The maximum absolute atomic E-state index is 10.7. The highest BCUT2D eigenvalue weighted by Crippen LogP contribution is 1.97. The number of aliphatic hydroxyl groups is 2. The molecule has 0 bridgehead atoms. The van der Waals surface area contributed by atoms with Gasteiger partial charge < -0.3 is 48.5 Å². The third-order valence-corrected chi connectivity index (χ3v) is 2.83. The molecule has 162 valence electrons. The average Bonchev–Trinajstić information content (AvgIpc) is 2.64. The Balaban J connectivity index is 3.58. The summed E-state index contributed by atoms with van der Waals surface area (Å²) in [4.78, 5) is 10.7. The summed E-state index contributed by atoms with van der Waals surface area (Å²) in [5.74, 6) is 0. The molecule has 0 aromatic carbocycles. The molecule has 0 amide bonds. The predicted molar refractivity (Wildman–Crippen MR) is 92.0 cm³/mol. The smallest absolute Gasteiger partial charge is 0.450 e. The molecule has 11 heteroatoms. The standard InChI is InChI=1S/C16H32O11/c17-1-3-21-5-7-23-9-11-25-13-15(27-16(19)20)14-26-12-10-24-8-6-22-4-2-18/h15,17-18H,1-14H2,(H,19,20). The van der Waals surface area contributed by atoms with Crippen LogP contribution >= 0.6 is 0 Å². The fraction of sp³-hybridized carbons (Fsp3) is 0.938. The van der Waals surface area contributed by atoms with Crippen molar-refractivity contribution in [1.82, 2.24) is 0 Å². The molecule has 0 aromatic rings. The van der Waals surface area contributed by atoms with Gasteiger partial charge >= 0.3 is 6.16 Å². The molecule has 0 spiro atoms. The monoisotopic (exact) mass is 400 g/mol. The minimum absolute atomic E-state index is 0.0265. The first-order valence-electron chi connectivity index (χ1n) is 8.78. The van der Waals surface area contributed by atoms with Gasteiger partial charge in [0.1, 0.15) is 0 Å². The van der Waals surface area contributed by atoms with Crippen LogP contribution in [0.3, 0.4) is 0 Å². The van der Waals surface area contributed by atoms with Crippen molar-refractivity contribution in [2.75, 3.05) is 92.5 Å². The molecule has 0 atom stereocenters. The Hall–Kier alpha value is -1.05. The number of hydrogen-bond donors (Lipinski definition) is 3. The Kier molecular flexibility index (Phi) is 20.4.